The molecule has 7 heteroatoms. The van der Waals surface area contributed by atoms with Crippen LogP contribution in [0.2, 0.25) is 5.02 Å². The smallest absolute Gasteiger partial charge is 0.191 e. The predicted octanol–water partition coefficient (Wildman–Crippen LogP) is 2.35. The van der Waals surface area contributed by atoms with E-state index in [1.807, 2.05) is 19.2 Å². The number of nitrogens with one attached hydrogen (secondary N) is 2. The zero-order valence-corrected chi connectivity index (χ0v) is 16.7. The molecular formula is C19H31ClN6. The summed E-state index contributed by atoms with van der Waals surface area (Å²) in [5, 5.41) is 7.70. The van der Waals surface area contributed by atoms with Crippen LogP contribution < -0.4 is 15.5 Å². The Hall–Kier alpha value is -1.53. The van der Waals surface area contributed by atoms with Crippen molar-refractivity contribution in [2.75, 3.05) is 45.2 Å². The van der Waals surface area contributed by atoms with E-state index in [1.165, 1.54) is 25.7 Å². The van der Waals surface area contributed by atoms with Gasteiger partial charge in [0, 0.05) is 51.5 Å². The number of likely N-dealkylation sites (N-methyl/N-ethyl adjacent to an activating group) is 1. The summed E-state index contributed by atoms with van der Waals surface area (Å²) in [5.74, 6) is 1.75. The highest BCUT2D eigenvalue weighted by Crippen LogP contribution is 2.25. The molecule has 6 nitrogen and oxygen atoms in total. The van der Waals surface area contributed by atoms with E-state index in [1.54, 1.807) is 6.20 Å². The fourth-order valence-corrected chi connectivity index (χ4v) is 4.19. The highest BCUT2D eigenvalue weighted by atomic mass is 35.5. The SMILES string of the molecule is CN=C(NCCN(C)C1CCCC1)NC1CCN(c2ncccc2Cl)C1. The molecule has 1 unspecified atom stereocenters. The standard InChI is InChI=1S/C19H31ClN6/c1-21-19(23-11-13-25(2)16-6-3-4-7-16)24-15-9-12-26(14-15)18-17(20)8-5-10-22-18/h5,8,10,15-16H,3-4,6-7,9,11-14H2,1-2H3,(H2,21,23,24). The molecule has 1 aromatic rings. The molecule has 1 atom stereocenters. The highest BCUT2D eigenvalue weighted by molar-refractivity contribution is 6.32. The van der Waals surface area contributed by atoms with Gasteiger partial charge in [0.1, 0.15) is 5.82 Å². The summed E-state index contributed by atoms with van der Waals surface area (Å²) in [7, 11) is 4.07. The lowest BCUT2D eigenvalue weighted by atomic mass is 10.2. The minimum atomic E-state index is 0.354. The van der Waals surface area contributed by atoms with Gasteiger partial charge < -0.3 is 20.4 Å². The van der Waals surface area contributed by atoms with E-state index in [9.17, 15) is 0 Å². The molecule has 2 aliphatic rings. The minimum absolute atomic E-state index is 0.354. The van der Waals surface area contributed by atoms with Crippen LogP contribution in [0.5, 0.6) is 0 Å². The van der Waals surface area contributed by atoms with Gasteiger partial charge in [-0.2, -0.15) is 0 Å². The van der Waals surface area contributed by atoms with E-state index in [0.29, 0.717) is 11.1 Å². The number of rotatable bonds is 6. The van der Waals surface area contributed by atoms with Crippen LogP contribution in [-0.4, -0.2) is 68.2 Å². The van der Waals surface area contributed by atoms with Crippen LogP contribution >= 0.6 is 11.6 Å². The van der Waals surface area contributed by atoms with Crippen molar-refractivity contribution < 1.29 is 0 Å². The molecule has 0 aromatic carbocycles. The van der Waals surface area contributed by atoms with E-state index in [0.717, 1.165) is 50.4 Å². The van der Waals surface area contributed by atoms with Gasteiger partial charge in [0.2, 0.25) is 0 Å². The molecule has 0 radical (unpaired) electrons. The second-order valence-electron chi connectivity index (χ2n) is 7.30. The second-order valence-corrected chi connectivity index (χ2v) is 7.71. The Morgan fingerprint density at radius 1 is 1.38 bits per heavy atom. The molecule has 0 amide bonds. The lowest BCUT2D eigenvalue weighted by molar-refractivity contribution is 0.249. The van der Waals surface area contributed by atoms with Gasteiger partial charge in [0.05, 0.1) is 5.02 Å². The molecular weight excluding hydrogens is 348 g/mol. The number of anilines is 1. The number of pyridine rings is 1. The Balaban J connectivity index is 1.42. The topological polar surface area (TPSA) is 55.8 Å². The van der Waals surface area contributed by atoms with Gasteiger partial charge in [-0.05, 0) is 38.4 Å². The quantitative estimate of drug-likeness (QED) is 0.588. The van der Waals surface area contributed by atoms with Gasteiger partial charge in [0.25, 0.3) is 0 Å². The van der Waals surface area contributed by atoms with Gasteiger partial charge in [-0.1, -0.05) is 24.4 Å². The largest absolute Gasteiger partial charge is 0.355 e. The third-order valence-corrected chi connectivity index (χ3v) is 5.79. The van der Waals surface area contributed by atoms with Crippen LogP contribution in [0.1, 0.15) is 32.1 Å². The lowest BCUT2D eigenvalue weighted by Gasteiger charge is -2.25. The first kappa shape index (κ1) is 19.2. The van der Waals surface area contributed by atoms with E-state index in [-0.39, 0.29) is 0 Å². The molecule has 1 aromatic heterocycles. The molecule has 0 spiro atoms. The minimum Gasteiger partial charge on any atom is -0.355 e. The summed E-state index contributed by atoms with van der Waals surface area (Å²) in [6, 6.07) is 4.88. The fourth-order valence-electron chi connectivity index (χ4n) is 3.95. The number of aromatic nitrogens is 1. The summed E-state index contributed by atoms with van der Waals surface area (Å²) in [6.45, 7) is 3.80. The van der Waals surface area contributed by atoms with Gasteiger partial charge in [-0.25, -0.2) is 4.98 Å². The Morgan fingerprint density at radius 3 is 2.92 bits per heavy atom. The average molecular weight is 379 g/mol. The molecule has 2 fully saturated rings. The van der Waals surface area contributed by atoms with Crippen molar-refractivity contribution in [3.8, 4) is 0 Å². The summed E-state index contributed by atoms with van der Waals surface area (Å²) in [6.07, 6.45) is 8.29. The summed E-state index contributed by atoms with van der Waals surface area (Å²) in [4.78, 5) is 13.5. The maximum atomic E-state index is 6.27. The van der Waals surface area contributed by atoms with E-state index in [2.05, 4.69) is 37.5 Å². The fraction of sp³-hybridized carbons (Fsp3) is 0.684. The molecule has 1 aliphatic carbocycles. The van der Waals surface area contributed by atoms with Crippen LogP contribution in [0, 0.1) is 0 Å². The van der Waals surface area contributed by atoms with Crippen molar-refractivity contribution in [3.63, 3.8) is 0 Å². The zero-order chi connectivity index (χ0) is 18.4. The van der Waals surface area contributed by atoms with E-state index >= 15 is 0 Å². The van der Waals surface area contributed by atoms with Gasteiger partial charge in [0.15, 0.2) is 5.96 Å². The number of nitrogens with zero attached hydrogens (tertiary/aromatic N) is 4. The van der Waals surface area contributed by atoms with Crippen molar-refractivity contribution in [2.45, 2.75) is 44.2 Å². The number of halogens is 1. The first-order valence-corrected chi connectivity index (χ1v) is 10.1. The van der Waals surface area contributed by atoms with E-state index < -0.39 is 0 Å². The van der Waals surface area contributed by atoms with Gasteiger partial charge in [-0.15, -0.1) is 0 Å². The molecule has 144 valence electrons. The summed E-state index contributed by atoms with van der Waals surface area (Å²) in [5.41, 5.74) is 0. The normalized spacial score (nSPS) is 21.6. The molecule has 26 heavy (non-hydrogen) atoms. The monoisotopic (exact) mass is 378 g/mol. The van der Waals surface area contributed by atoms with Crippen molar-refractivity contribution >= 4 is 23.4 Å². The predicted molar refractivity (Wildman–Crippen MR) is 109 cm³/mol. The number of aliphatic imine (C=N–C) groups is 1. The molecule has 3 rings (SSSR count). The van der Waals surface area contributed by atoms with Crippen molar-refractivity contribution in [1.82, 2.24) is 20.5 Å². The Morgan fingerprint density at radius 2 is 2.19 bits per heavy atom. The molecule has 1 saturated carbocycles. The number of hydrogen-bond donors (Lipinski definition) is 2. The third-order valence-electron chi connectivity index (χ3n) is 5.50. The third kappa shape index (κ3) is 5.01. The maximum Gasteiger partial charge on any atom is 0.191 e. The summed E-state index contributed by atoms with van der Waals surface area (Å²) >= 11 is 6.27. The van der Waals surface area contributed by atoms with Gasteiger partial charge >= 0.3 is 0 Å². The van der Waals surface area contributed by atoms with Gasteiger partial charge in [-0.3, -0.25) is 4.99 Å². The molecule has 0 bridgehead atoms. The Bertz CT molecular complexity index is 601. The Labute approximate surface area is 162 Å². The zero-order valence-electron chi connectivity index (χ0n) is 15.9. The van der Waals surface area contributed by atoms with Crippen LogP contribution in [0.4, 0.5) is 5.82 Å². The highest BCUT2D eigenvalue weighted by Gasteiger charge is 2.25. The van der Waals surface area contributed by atoms with Crippen molar-refractivity contribution in [1.29, 1.82) is 0 Å². The van der Waals surface area contributed by atoms with Crippen LogP contribution in [-0.2, 0) is 0 Å². The van der Waals surface area contributed by atoms with E-state index in [4.69, 9.17) is 11.6 Å². The van der Waals surface area contributed by atoms with Crippen LogP contribution in [0.3, 0.4) is 0 Å². The molecule has 1 aliphatic heterocycles. The Kier molecular flexibility index (Phi) is 6.97. The second kappa shape index (κ2) is 9.42. The molecule has 1 saturated heterocycles. The first-order chi connectivity index (χ1) is 12.7. The lowest BCUT2D eigenvalue weighted by Crippen LogP contribution is -2.47. The average Bonchev–Trinajstić information content (AvgIpc) is 3.33. The van der Waals surface area contributed by atoms with Crippen LogP contribution in [0.15, 0.2) is 23.3 Å². The summed E-state index contributed by atoms with van der Waals surface area (Å²) < 4.78 is 0. The maximum absolute atomic E-state index is 6.27. The molecule has 2 heterocycles. The van der Waals surface area contributed by atoms with Crippen molar-refractivity contribution in [2.24, 2.45) is 4.99 Å². The number of hydrogen-bond acceptors (Lipinski definition) is 4. The van der Waals surface area contributed by atoms with Crippen LogP contribution in [0.25, 0.3) is 0 Å². The molecule has 2 N–H and O–H groups in total. The first-order valence-electron chi connectivity index (χ1n) is 9.70. The van der Waals surface area contributed by atoms with Crippen molar-refractivity contribution in [3.05, 3.63) is 23.4 Å². The number of guanidine groups is 1.